The zero-order valence-electron chi connectivity index (χ0n) is 31.4. The van der Waals surface area contributed by atoms with Crippen LogP contribution in [-0.2, 0) is 50.9 Å². The Bertz CT molecular complexity index is 2220. The van der Waals surface area contributed by atoms with Gasteiger partial charge in [0.2, 0.25) is 11.8 Å². The number of pyridine rings is 1. The number of nitrogens with one attached hydrogen (secondary N) is 4. The van der Waals surface area contributed by atoms with E-state index in [2.05, 4.69) is 26.3 Å². The molecule has 0 radical (unpaired) electrons. The van der Waals surface area contributed by atoms with E-state index in [0.717, 1.165) is 28.6 Å². The second-order valence-corrected chi connectivity index (χ2v) is 16.1. The van der Waals surface area contributed by atoms with E-state index in [0.29, 0.717) is 16.8 Å². The normalized spacial score (nSPS) is 13.5. The average Bonchev–Trinajstić information content (AvgIpc) is 3.19. The molecule has 4 atom stereocenters. The maximum Gasteiger partial charge on any atom is 0.408 e. The molecule has 0 saturated heterocycles. The van der Waals surface area contributed by atoms with Gasteiger partial charge in [0.05, 0.1) is 35.0 Å². The predicted molar refractivity (Wildman–Crippen MR) is 214 cm³/mol. The van der Waals surface area contributed by atoms with Gasteiger partial charge in [-0.25, -0.2) is 13.2 Å². The van der Waals surface area contributed by atoms with E-state index in [1.807, 2.05) is 18.2 Å². The fourth-order valence-electron chi connectivity index (χ4n) is 5.34. The molecule has 0 bridgehead atoms. The molecule has 0 aliphatic carbocycles. The van der Waals surface area contributed by atoms with Crippen molar-refractivity contribution < 1.29 is 52.1 Å². The number of carboxylic acids is 2. The first-order chi connectivity index (χ1) is 27.6. The first-order valence-corrected chi connectivity index (χ1v) is 20.5. The number of nitrogens with zero attached hydrogens (tertiary/aromatic N) is 1. The number of hydrogen-bond acceptors (Lipinski definition) is 11. The third kappa shape index (κ3) is 14.0. The van der Waals surface area contributed by atoms with E-state index in [1.165, 1.54) is 24.3 Å². The Hall–Kier alpha value is -6.27. The first-order valence-electron chi connectivity index (χ1n) is 17.9. The van der Waals surface area contributed by atoms with Gasteiger partial charge in [-0.05, 0) is 41.8 Å². The van der Waals surface area contributed by atoms with E-state index < -0.39 is 87.8 Å². The lowest BCUT2D eigenvalue weighted by Crippen LogP contribution is -2.57. The number of fused-ring (bicyclic) bond motifs is 1. The Labute approximate surface area is 338 Å². The zero-order chi connectivity index (χ0) is 42.2. The molecule has 4 rings (SSSR count). The number of rotatable bonds is 20. The lowest BCUT2D eigenvalue weighted by Gasteiger charge is -2.27. The Morgan fingerprint density at radius 2 is 1.38 bits per heavy atom. The number of carbonyl (C=O) groups is 6. The number of thioether (sulfide) groups is 1. The molecule has 0 spiro atoms. The fourth-order valence-corrected chi connectivity index (χ4v) is 7.35. The average molecular weight is 834 g/mol. The minimum atomic E-state index is -4.00. The summed E-state index contributed by atoms with van der Waals surface area (Å²) in [6.45, 7) is 3.03. The molecule has 4 amide bonds. The van der Waals surface area contributed by atoms with Crippen molar-refractivity contribution in [2.24, 2.45) is 5.92 Å². The maximum atomic E-state index is 14.0. The summed E-state index contributed by atoms with van der Waals surface area (Å²) >= 11 is 0.894. The highest BCUT2D eigenvalue weighted by Crippen LogP contribution is 2.20. The quantitative estimate of drug-likeness (QED) is 0.0696. The van der Waals surface area contributed by atoms with Gasteiger partial charge < -0.3 is 36.2 Å². The van der Waals surface area contributed by atoms with Crippen molar-refractivity contribution in [3.63, 3.8) is 0 Å². The summed E-state index contributed by atoms with van der Waals surface area (Å²) in [6.07, 6.45) is -1.61. The molecule has 0 saturated carbocycles. The van der Waals surface area contributed by atoms with Crippen LogP contribution in [0.15, 0.2) is 113 Å². The number of alkyl carbamates (subject to hydrolysis) is 1. The van der Waals surface area contributed by atoms with Crippen LogP contribution in [-0.4, -0.2) is 82.9 Å². The van der Waals surface area contributed by atoms with Gasteiger partial charge in [0.1, 0.15) is 18.7 Å². The molecule has 58 heavy (non-hydrogen) atoms. The third-order valence-electron chi connectivity index (χ3n) is 8.30. The summed E-state index contributed by atoms with van der Waals surface area (Å²) < 4.78 is 30.8. The van der Waals surface area contributed by atoms with E-state index in [1.54, 1.807) is 68.4 Å². The summed E-state index contributed by atoms with van der Waals surface area (Å²) in [7, 11) is -4.00. The minimum absolute atomic E-state index is 0.0479. The summed E-state index contributed by atoms with van der Waals surface area (Å²) in [4.78, 5) is 81.9. The number of carbonyl (C=O) groups excluding carboxylic acids is 4. The van der Waals surface area contributed by atoms with Crippen LogP contribution in [0.25, 0.3) is 10.9 Å². The topological polar surface area (TPSA) is 247 Å². The number of aromatic nitrogens is 1. The number of amides is 4. The Kier molecular flexibility index (Phi) is 16.3. The standard InChI is InChI=1S/C40H43N5O11S2/c1-25(2)35(37(51)42-28(21-33(46)47)19-20-58(54,55)30-14-7-4-8-15-30)44-38(52)39(57-24-29-18-17-27-13-9-10-16-31(27)41-29)45-36(50)32(22-34(48)49)43-40(53)56-23-26-11-5-3-6-12-26/h3-20,25,28,32,35,39H,21-24H2,1-2H3,(H,42,51)(H,43,53)(H,44,52)(H,45,50)(H,46,47)(H,48,49)/b20-19+/t28?,32-,35-,39?/m0/s1. The number of aliphatic carboxylic acids is 2. The Morgan fingerprint density at radius 3 is 2.03 bits per heavy atom. The molecule has 0 aliphatic rings. The highest BCUT2D eigenvalue weighted by molar-refractivity contribution is 7.99. The van der Waals surface area contributed by atoms with Crippen LogP contribution in [0.2, 0.25) is 0 Å². The monoisotopic (exact) mass is 833 g/mol. The van der Waals surface area contributed by atoms with Gasteiger partial charge in [0.25, 0.3) is 5.91 Å². The smallest absolute Gasteiger partial charge is 0.408 e. The molecule has 2 unspecified atom stereocenters. The van der Waals surface area contributed by atoms with Crippen molar-refractivity contribution in [2.75, 3.05) is 0 Å². The number of benzene rings is 3. The summed E-state index contributed by atoms with van der Waals surface area (Å²) in [6, 6.07) is 22.5. The van der Waals surface area contributed by atoms with Crippen molar-refractivity contribution in [3.05, 3.63) is 120 Å². The molecule has 0 fully saturated rings. The molecule has 18 heteroatoms. The largest absolute Gasteiger partial charge is 0.481 e. The van der Waals surface area contributed by atoms with Gasteiger partial charge in [-0.15, -0.1) is 11.8 Å². The second-order valence-electron chi connectivity index (χ2n) is 13.2. The van der Waals surface area contributed by atoms with Gasteiger partial charge in [-0.1, -0.05) is 86.6 Å². The molecular weight excluding hydrogens is 791 g/mol. The zero-order valence-corrected chi connectivity index (χ0v) is 33.1. The van der Waals surface area contributed by atoms with Gasteiger partial charge >= 0.3 is 18.0 Å². The number of sulfone groups is 1. The maximum absolute atomic E-state index is 14.0. The van der Waals surface area contributed by atoms with Crippen LogP contribution in [0.4, 0.5) is 4.79 Å². The van der Waals surface area contributed by atoms with Crippen LogP contribution in [0.1, 0.15) is 37.9 Å². The van der Waals surface area contributed by atoms with Gasteiger partial charge in [-0.3, -0.25) is 29.0 Å². The van der Waals surface area contributed by atoms with Crippen LogP contribution in [0.3, 0.4) is 0 Å². The molecule has 16 nitrogen and oxygen atoms in total. The second kappa shape index (κ2) is 21.3. The highest BCUT2D eigenvalue weighted by atomic mass is 32.2. The van der Waals surface area contributed by atoms with Crippen molar-refractivity contribution >= 4 is 68.3 Å². The van der Waals surface area contributed by atoms with Crippen LogP contribution in [0.5, 0.6) is 0 Å². The molecule has 3 aromatic carbocycles. The SMILES string of the molecule is CC(C)[C@H](NC(=O)C(NC(=O)[C@H](CC(=O)O)NC(=O)OCc1ccccc1)SCc1ccc2ccccc2n1)C(=O)NC(/C=C/S(=O)(=O)c1ccccc1)CC(=O)O. The molecule has 306 valence electrons. The minimum Gasteiger partial charge on any atom is -0.481 e. The van der Waals surface area contributed by atoms with Crippen molar-refractivity contribution in [2.45, 2.75) is 67.4 Å². The van der Waals surface area contributed by atoms with Gasteiger partial charge in [0, 0.05) is 16.5 Å². The number of para-hydroxylation sites is 1. The van der Waals surface area contributed by atoms with Crippen molar-refractivity contribution in [1.82, 2.24) is 26.3 Å². The Balaban J connectivity index is 1.54. The highest BCUT2D eigenvalue weighted by Gasteiger charge is 2.33. The third-order valence-corrected chi connectivity index (χ3v) is 10.9. The number of hydrogen-bond donors (Lipinski definition) is 6. The Morgan fingerprint density at radius 1 is 0.741 bits per heavy atom. The lowest BCUT2D eigenvalue weighted by atomic mass is 10.0. The van der Waals surface area contributed by atoms with Gasteiger partial charge in [-0.2, -0.15) is 0 Å². The summed E-state index contributed by atoms with van der Waals surface area (Å²) in [5.74, 6) is -6.13. The summed E-state index contributed by atoms with van der Waals surface area (Å²) in [5, 5.41) is 29.0. The van der Waals surface area contributed by atoms with Crippen LogP contribution >= 0.6 is 11.8 Å². The van der Waals surface area contributed by atoms with E-state index in [9.17, 15) is 47.4 Å². The molecule has 6 N–H and O–H groups in total. The molecule has 1 aromatic heterocycles. The molecular formula is C40H43N5O11S2. The lowest BCUT2D eigenvalue weighted by molar-refractivity contribution is -0.140. The van der Waals surface area contributed by atoms with E-state index >= 15 is 0 Å². The van der Waals surface area contributed by atoms with E-state index in [4.69, 9.17) is 4.74 Å². The fraction of sp³-hybridized carbons (Fsp3) is 0.275. The van der Waals surface area contributed by atoms with Crippen molar-refractivity contribution in [3.8, 4) is 0 Å². The molecule has 0 aliphatic heterocycles. The first kappa shape index (κ1) is 44.4. The molecule has 1 heterocycles. The van der Waals surface area contributed by atoms with Gasteiger partial charge in [0.15, 0.2) is 15.2 Å². The van der Waals surface area contributed by atoms with Crippen molar-refractivity contribution in [1.29, 1.82) is 0 Å². The van der Waals surface area contributed by atoms with Crippen LogP contribution < -0.4 is 21.3 Å². The predicted octanol–water partition coefficient (Wildman–Crippen LogP) is 3.77. The number of ether oxygens (including phenoxy) is 1. The number of carboxylic acid groups (broad SMARTS) is 2. The molecule has 4 aromatic rings. The van der Waals surface area contributed by atoms with Crippen LogP contribution in [0, 0.1) is 5.92 Å². The van der Waals surface area contributed by atoms with E-state index in [-0.39, 0.29) is 17.3 Å². The summed E-state index contributed by atoms with van der Waals surface area (Å²) in [5.41, 5.74) is 1.83.